The number of aromatic hydroxyl groups is 1. The van der Waals surface area contributed by atoms with E-state index in [1.165, 1.54) is 0 Å². The second-order valence-corrected chi connectivity index (χ2v) is 9.67. The van der Waals surface area contributed by atoms with Crippen molar-refractivity contribution in [1.82, 2.24) is 4.57 Å². The van der Waals surface area contributed by atoms with E-state index in [2.05, 4.69) is 4.99 Å². The Labute approximate surface area is 214 Å². The van der Waals surface area contributed by atoms with Gasteiger partial charge in [-0.1, -0.05) is 60.3 Å². The number of aliphatic imine (C=N–C) groups is 1. The van der Waals surface area contributed by atoms with Crippen LogP contribution in [0.25, 0.3) is 11.3 Å². The van der Waals surface area contributed by atoms with Crippen LogP contribution >= 0.6 is 23.2 Å². The van der Waals surface area contributed by atoms with Crippen molar-refractivity contribution in [3.63, 3.8) is 0 Å². The first-order valence-corrected chi connectivity index (χ1v) is 12.6. The molecule has 1 saturated heterocycles. The van der Waals surface area contributed by atoms with Crippen LogP contribution < -0.4 is 0 Å². The van der Waals surface area contributed by atoms with Crippen LogP contribution in [0.4, 0.5) is 0 Å². The maximum Gasteiger partial charge on any atom is 0.280 e. The van der Waals surface area contributed by atoms with Gasteiger partial charge in [0.2, 0.25) is 5.88 Å². The minimum Gasteiger partial charge on any atom is -0.494 e. The molecule has 0 radical (unpaired) electrons. The highest BCUT2D eigenvalue weighted by atomic mass is 35.5. The number of ether oxygens (including phenoxy) is 2. The van der Waals surface area contributed by atoms with Crippen LogP contribution in [0.1, 0.15) is 47.2 Å². The van der Waals surface area contributed by atoms with Crippen molar-refractivity contribution < 1.29 is 19.4 Å². The van der Waals surface area contributed by atoms with Crippen LogP contribution in [0.15, 0.2) is 53.5 Å². The van der Waals surface area contributed by atoms with Gasteiger partial charge in [-0.15, -0.1) is 0 Å². The van der Waals surface area contributed by atoms with Crippen molar-refractivity contribution in [2.45, 2.75) is 38.3 Å². The van der Waals surface area contributed by atoms with E-state index in [0.29, 0.717) is 51.8 Å². The lowest BCUT2D eigenvalue weighted by atomic mass is 10.0. The molecule has 5 rings (SSSR count). The van der Waals surface area contributed by atoms with E-state index in [1.807, 2.05) is 16.7 Å². The number of fused-ring (bicyclic) bond motifs is 1. The van der Waals surface area contributed by atoms with Crippen molar-refractivity contribution >= 4 is 34.8 Å². The largest absolute Gasteiger partial charge is 0.494 e. The lowest BCUT2D eigenvalue weighted by Gasteiger charge is -2.13. The van der Waals surface area contributed by atoms with Gasteiger partial charge < -0.3 is 19.1 Å². The number of epoxide rings is 1. The molecule has 6 nitrogen and oxygen atoms in total. The van der Waals surface area contributed by atoms with Crippen LogP contribution in [-0.2, 0) is 16.0 Å². The highest BCUT2D eigenvalue weighted by Crippen LogP contribution is 2.41. The first-order valence-electron chi connectivity index (χ1n) is 11.8. The summed E-state index contributed by atoms with van der Waals surface area (Å²) in [5, 5.41) is 12.5. The molecule has 1 aromatic heterocycles. The average Bonchev–Trinajstić information content (AvgIpc) is 3.56. The lowest BCUT2D eigenvalue weighted by molar-refractivity contribution is 0.101. The van der Waals surface area contributed by atoms with E-state index in [1.54, 1.807) is 36.4 Å². The molecule has 1 N–H and O–H groups in total. The summed E-state index contributed by atoms with van der Waals surface area (Å²) in [6.07, 6.45) is 4.15. The smallest absolute Gasteiger partial charge is 0.280 e. The van der Waals surface area contributed by atoms with Crippen molar-refractivity contribution in [3.05, 3.63) is 75.3 Å². The van der Waals surface area contributed by atoms with Crippen molar-refractivity contribution in [2.75, 3.05) is 19.8 Å². The predicted molar refractivity (Wildman–Crippen MR) is 137 cm³/mol. The third-order valence-electron chi connectivity index (χ3n) is 6.26. The summed E-state index contributed by atoms with van der Waals surface area (Å²) in [5.74, 6) is -0.307. The molecule has 0 saturated carbocycles. The van der Waals surface area contributed by atoms with Crippen LogP contribution in [0.3, 0.4) is 0 Å². The van der Waals surface area contributed by atoms with Crippen molar-refractivity contribution in [2.24, 2.45) is 4.99 Å². The van der Waals surface area contributed by atoms with Crippen LogP contribution in [0.5, 0.6) is 5.88 Å². The van der Waals surface area contributed by atoms with Gasteiger partial charge in [0.1, 0.15) is 6.10 Å². The number of nitrogens with zero attached hydrogens (tertiary/aromatic N) is 2. The van der Waals surface area contributed by atoms with E-state index in [9.17, 15) is 9.90 Å². The zero-order chi connectivity index (χ0) is 24.4. The van der Waals surface area contributed by atoms with E-state index in [0.717, 1.165) is 50.0 Å². The van der Waals surface area contributed by atoms with Gasteiger partial charge in [0.05, 0.1) is 35.7 Å². The summed E-state index contributed by atoms with van der Waals surface area (Å²) in [5.41, 5.74) is 3.56. The van der Waals surface area contributed by atoms with Crippen molar-refractivity contribution in [1.29, 1.82) is 0 Å². The number of rotatable bonds is 11. The Kier molecular flexibility index (Phi) is 7.25. The van der Waals surface area contributed by atoms with E-state index >= 15 is 0 Å². The molecule has 1 fully saturated rings. The van der Waals surface area contributed by atoms with E-state index in [4.69, 9.17) is 32.7 Å². The van der Waals surface area contributed by atoms with Gasteiger partial charge in [0.25, 0.3) is 5.91 Å². The standard InChI is InChI=1S/C27H26Cl2N2O4/c28-19-9-5-17(6-10-19)24-22-23(26(32)30-24)25(18-7-11-20(29)12-8-18)31(27(22)33)13-3-1-2-4-14-34-15-21-16-35-21/h5-12,21,33H,1-4,13-16H2. The number of aromatic nitrogens is 1. The molecule has 1 atom stereocenters. The highest BCUT2D eigenvalue weighted by molar-refractivity contribution is 6.32. The number of halogens is 2. The van der Waals surface area contributed by atoms with Crippen LogP contribution in [-0.4, -0.2) is 47.2 Å². The first kappa shape index (κ1) is 24.1. The number of hydrogen-bond acceptors (Lipinski definition) is 4. The fourth-order valence-electron chi connectivity index (χ4n) is 4.40. The average molecular weight is 513 g/mol. The minimum atomic E-state index is -0.360. The van der Waals surface area contributed by atoms with Gasteiger partial charge in [0, 0.05) is 28.8 Å². The molecule has 2 aliphatic rings. The third kappa shape index (κ3) is 5.31. The van der Waals surface area contributed by atoms with Crippen LogP contribution in [0.2, 0.25) is 10.0 Å². The highest BCUT2D eigenvalue weighted by Gasteiger charge is 2.36. The molecule has 1 unspecified atom stereocenters. The van der Waals surface area contributed by atoms with E-state index in [-0.39, 0.29) is 11.8 Å². The summed E-state index contributed by atoms with van der Waals surface area (Å²) in [6.45, 7) is 2.80. The summed E-state index contributed by atoms with van der Waals surface area (Å²) >= 11 is 12.2. The summed E-state index contributed by atoms with van der Waals surface area (Å²) < 4.78 is 12.6. The van der Waals surface area contributed by atoms with Crippen LogP contribution in [0, 0.1) is 0 Å². The van der Waals surface area contributed by atoms with E-state index < -0.39 is 0 Å². The molecule has 2 aliphatic heterocycles. The molecular formula is C27H26Cl2N2O4. The molecule has 182 valence electrons. The number of unbranched alkanes of at least 4 members (excludes halogenated alkanes) is 3. The normalized spacial score (nSPS) is 16.5. The number of amides is 1. The Morgan fingerprint density at radius 3 is 2.23 bits per heavy atom. The Balaban J connectivity index is 1.38. The summed E-state index contributed by atoms with van der Waals surface area (Å²) in [7, 11) is 0. The fourth-order valence-corrected chi connectivity index (χ4v) is 4.65. The monoisotopic (exact) mass is 512 g/mol. The molecule has 0 spiro atoms. The Morgan fingerprint density at radius 1 is 0.943 bits per heavy atom. The van der Waals surface area contributed by atoms with Gasteiger partial charge in [-0.3, -0.25) is 4.79 Å². The second kappa shape index (κ2) is 10.5. The number of carbonyl (C=O) groups is 1. The van der Waals surface area contributed by atoms with Gasteiger partial charge >= 0.3 is 0 Å². The maximum absolute atomic E-state index is 13.1. The quantitative estimate of drug-likeness (QED) is 0.247. The van der Waals surface area contributed by atoms with Crippen molar-refractivity contribution in [3.8, 4) is 17.1 Å². The third-order valence-corrected chi connectivity index (χ3v) is 6.77. The minimum absolute atomic E-state index is 0.0530. The SMILES string of the molecule is O=C1N=C(c2ccc(Cl)cc2)c2c1c(-c1ccc(Cl)cc1)n(CCCCCCOCC1CO1)c2O. The Morgan fingerprint density at radius 2 is 1.57 bits per heavy atom. The molecule has 0 bridgehead atoms. The van der Waals surface area contributed by atoms with Gasteiger partial charge in [0.15, 0.2) is 0 Å². The Bertz CT molecular complexity index is 1250. The fraction of sp³-hybridized carbons (Fsp3) is 0.333. The molecule has 0 aliphatic carbocycles. The zero-order valence-corrected chi connectivity index (χ0v) is 20.7. The molecule has 1 amide bonds. The topological polar surface area (TPSA) is 76.4 Å². The van der Waals surface area contributed by atoms with Gasteiger partial charge in [-0.25, -0.2) is 4.99 Å². The summed E-state index contributed by atoms with van der Waals surface area (Å²) in [4.78, 5) is 17.4. The first-order chi connectivity index (χ1) is 17.0. The number of hydrogen-bond donors (Lipinski definition) is 1. The zero-order valence-electron chi connectivity index (χ0n) is 19.2. The lowest BCUT2D eigenvalue weighted by Crippen LogP contribution is -2.05. The molecule has 3 aromatic rings. The molecule has 2 aromatic carbocycles. The second-order valence-electron chi connectivity index (χ2n) is 8.80. The molecule has 3 heterocycles. The molecular weight excluding hydrogens is 487 g/mol. The van der Waals surface area contributed by atoms with Gasteiger partial charge in [-0.2, -0.15) is 0 Å². The maximum atomic E-state index is 13.1. The Hall–Kier alpha value is -2.64. The van der Waals surface area contributed by atoms with Gasteiger partial charge in [-0.05, 0) is 42.7 Å². The number of carbonyl (C=O) groups excluding carboxylic acids is 1. The molecule has 8 heteroatoms. The predicted octanol–water partition coefficient (Wildman–Crippen LogP) is 6.13. The molecule has 35 heavy (non-hydrogen) atoms. The number of benzene rings is 2. The summed E-state index contributed by atoms with van der Waals surface area (Å²) in [6, 6.07) is 14.4.